The van der Waals surface area contributed by atoms with E-state index in [0.717, 1.165) is 44.6 Å². The number of hydrogen-bond acceptors (Lipinski definition) is 2. The Balaban J connectivity index is 3.24. The number of Topliss-reactive ketones (excluding diaryl/α,β-unsaturated/α-hetero) is 1. The number of hydrogen-bond donors (Lipinski definition) is 0. The van der Waals surface area contributed by atoms with Crippen molar-refractivity contribution in [3.8, 4) is 0 Å². The van der Waals surface area contributed by atoms with E-state index in [9.17, 15) is 4.79 Å². The van der Waals surface area contributed by atoms with Gasteiger partial charge in [-0.3, -0.25) is 4.79 Å². The summed E-state index contributed by atoms with van der Waals surface area (Å²) in [7, 11) is 1.71. The van der Waals surface area contributed by atoms with Crippen LogP contribution in [0.25, 0.3) is 0 Å². The number of ether oxygens (including phenoxy) is 1. The van der Waals surface area contributed by atoms with Crippen LogP contribution in [0.15, 0.2) is 0 Å². The first-order chi connectivity index (χ1) is 9.70. The molecule has 0 aromatic rings. The van der Waals surface area contributed by atoms with E-state index in [0.29, 0.717) is 5.78 Å². The predicted octanol–water partition coefficient (Wildman–Crippen LogP) is 5.54. The summed E-state index contributed by atoms with van der Waals surface area (Å²) in [5.74, 6) is 1.33. The molecule has 0 aliphatic carbocycles. The summed E-state index contributed by atoms with van der Waals surface area (Å²) >= 11 is 0. The van der Waals surface area contributed by atoms with E-state index in [-0.39, 0.29) is 0 Å². The van der Waals surface area contributed by atoms with Gasteiger partial charge in [0, 0.05) is 26.6 Å². The lowest BCUT2D eigenvalue weighted by Gasteiger charge is -2.10. The molecule has 20 heavy (non-hydrogen) atoms. The lowest BCUT2D eigenvalue weighted by molar-refractivity contribution is -0.119. The molecule has 1 unspecified atom stereocenters. The van der Waals surface area contributed by atoms with Crippen LogP contribution in [0.2, 0.25) is 0 Å². The molecule has 0 bridgehead atoms. The first kappa shape index (κ1) is 19.6. The fourth-order valence-electron chi connectivity index (χ4n) is 2.56. The summed E-state index contributed by atoms with van der Waals surface area (Å²) in [6, 6.07) is 0. The molecule has 0 spiro atoms. The zero-order valence-corrected chi connectivity index (χ0v) is 14.1. The molecule has 0 fully saturated rings. The third kappa shape index (κ3) is 14.0. The molecule has 0 N–H and O–H groups in total. The van der Waals surface area contributed by atoms with E-state index >= 15 is 0 Å². The van der Waals surface area contributed by atoms with E-state index < -0.39 is 0 Å². The Kier molecular flexibility index (Phi) is 14.7. The van der Waals surface area contributed by atoms with Gasteiger partial charge in [-0.25, -0.2) is 0 Å². The monoisotopic (exact) mass is 284 g/mol. The molecule has 120 valence electrons. The fraction of sp³-hybridized carbons (Fsp3) is 0.944. The minimum Gasteiger partial charge on any atom is -0.385 e. The highest BCUT2D eigenvalue weighted by atomic mass is 16.5. The number of ketones is 1. The van der Waals surface area contributed by atoms with Crippen molar-refractivity contribution in [3.63, 3.8) is 0 Å². The molecular weight excluding hydrogens is 248 g/mol. The summed E-state index contributed by atoms with van der Waals surface area (Å²) in [4.78, 5) is 11.6. The minimum atomic E-state index is 0.442. The van der Waals surface area contributed by atoms with Gasteiger partial charge < -0.3 is 4.74 Å². The topological polar surface area (TPSA) is 26.3 Å². The highest BCUT2D eigenvalue weighted by molar-refractivity contribution is 5.78. The van der Waals surface area contributed by atoms with Crippen molar-refractivity contribution in [2.24, 2.45) is 5.92 Å². The Bertz CT molecular complexity index is 213. The molecule has 0 aromatic carbocycles. The molecule has 0 aliphatic heterocycles. The Morgan fingerprint density at radius 1 is 0.900 bits per heavy atom. The number of unbranched alkanes of at least 4 members (excludes halogenated alkanes) is 5. The Morgan fingerprint density at radius 3 is 2.15 bits per heavy atom. The summed E-state index contributed by atoms with van der Waals surface area (Å²) in [5, 5.41) is 0. The van der Waals surface area contributed by atoms with Crippen molar-refractivity contribution in [1.82, 2.24) is 0 Å². The second-order valence-electron chi connectivity index (χ2n) is 6.19. The van der Waals surface area contributed by atoms with Crippen LogP contribution < -0.4 is 0 Å². The normalized spacial score (nSPS) is 12.6. The van der Waals surface area contributed by atoms with Crippen LogP contribution in [-0.2, 0) is 9.53 Å². The van der Waals surface area contributed by atoms with Gasteiger partial charge in [-0.05, 0) is 25.2 Å². The minimum absolute atomic E-state index is 0.442. The van der Waals surface area contributed by atoms with Gasteiger partial charge in [-0.15, -0.1) is 0 Å². The van der Waals surface area contributed by atoms with Crippen LogP contribution >= 0.6 is 0 Å². The van der Waals surface area contributed by atoms with Gasteiger partial charge in [0.05, 0.1) is 0 Å². The van der Waals surface area contributed by atoms with Crippen LogP contribution in [0.5, 0.6) is 0 Å². The number of carbonyl (C=O) groups is 1. The van der Waals surface area contributed by atoms with E-state index in [4.69, 9.17) is 4.74 Å². The zero-order valence-electron chi connectivity index (χ0n) is 14.1. The molecule has 0 aliphatic rings. The molecule has 0 saturated heterocycles. The summed E-state index contributed by atoms with van der Waals surface area (Å²) in [5.41, 5.74) is 0. The molecule has 0 amide bonds. The van der Waals surface area contributed by atoms with Crippen molar-refractivity contribution in [1.29, 1.82) is 0 Å². The van der Waals surface area contributed by atoms with E-state index in [2.05, 4.69) is 13.8 Å². The van der Waals surface area contributed by atoms with Crippen molar-refractivity contribution in [2.45, 2.75) is 90.9 Å². The van der Waals surface area contributed by atoms with Crippen LogP contribution in [0, 0.1) is 5.92 Å². The second kappa shape index (κ2) is 15.0. The molecule has 0 heterocycles. The van der Waals surface area contributed by atoms with Crippen molar-refractivity contribution in [2.75, 3.05) is 13.7 Å². The quantitative estimate of drug-likeness (QED) is 0.369. The lowest BCUT2D eigenvalue weighted by atomic mass is 9.97. The summed E-state index contributed by atoms with van der Waals surface area (Å²) in [6.07, 6.45) is 13.9. The molecular formula is C18H36O2. The van der Waals surface area contributed by atoms with Crippen LogP contribution in [-0.4, -0.2) is 19.5 Å². The summed E-state index contributed by atoms with van der Waals surface area (Å²) in [6.45, 7) is 5.42. The summed E-state index contributed by atoms with van der Waals surface area (Å²) < 4.78 is 4.98. The van der Waals surface area contributed by atoms with Gasteiger partial charge in [0.1, 0.15) is 5.78 Å². The first-order valence-corrected chi connectivity index (χ1v) is 8.71. The maximum absolute atomic E-state index is 11.6. The SMILES string of the molecule is CCCCC(C)CCCCCCC(=O)CCCCOC. The molecule has 2 heteroatoms. The smallest absolute Gasteiger partial charge is 0.132 e. The lowest BCUT2D eigenvalue weighted by Crippen LogP contribution is -1.99. The van der Waals surface area contributed by atoms with Gasteiger partial charge in [0.2, 0.25) is 0 Å². The molecule has 0 radical (unpaired) electrons. The van der Waals surface area contributed by atoms with Crippen LogP contribution in [0.1, 0.15) is 90.9 Å². The van der Waals surface area contributed by atoms with Crippen LogP contribution in [0.4, 0.5) is 0 Å². The third-order valence-electron chi connectivity index (χ3n) is 4.01. The van der Waals surface area contributed by atoms with Gasteiger partial charge in [-0.1, -0.05) is 58.8 Å². The van der Waals surface area contributed by atoms with Crippen LogP contribution in [0.3, 0.4) is 0 Å². The Labute approximate surface area is 126 Å². The largest absolute Gasteiger partial charge is 0.385 e. The zero-order chi connectivity index (χ0) is 15.1. The fourth-order valence-corrected chi connectivity index (χ4v) is 2.56. The average Bonchev–Trinajstić information content (AvgIpc) is 2.45. The average molecular weight is 284 g/mol. The third-order valence-corrected chi connectivity index (χ3v) is 4.01. The van der Waals surface area contributed by atoms with E-state index in [1.165, 1.54) is 44.9 Å². The van der Waals surface area contributed by atoms with E-state index in [1.54, 1.807) is 7.11 Å². The second-order valence-corrected chi connectivity index (χ2v) is 6.19. The highest BCUT2D eigenvalue weighted by Gasteiger charge is 2.03. The predicted molar refractivity (Wildman–Crippen MR) is 87.1 cm³/mol. The Hall–Kier alpha value is -0.370. The molecule has 0 rings (SSSR count). The molecule has 0 saturated carbocycles. The van der Waals surface area contributed by atoms with Crippen molar-refractivity contribution in [3.05, 3.63) is 0 Å². The van der Waals surface area contributed by atoms with E-state index in [1.807, 2.05) is 0 Å². The van der Waals surface area contributed by atoms with Crippen molar-refractivity contribution >= 4 is 5.78 Å². The highest BCUT2D eigenvalue weighted by Crippen LogP contribution is 2.16. The number of carbonyl (C=O) groups excluding carboxylic acids is 1. The van der Waals surface area contributed by atoms with Crippen molar-refractivity contribution < 1.29 is 9.53 Å². The molecule has 2 nitrogen and oxygen atoms in total. The van der Waals surface area contributed by atoms with Gasteiger partial charge >= 0.3 is 0 Å². The standard InChI is InChI=1S/C18H36O2/c1-4-5-12-17(2)13-8-6-7-9-14-18(19)15-10-11-16-20-3/h17H,4-16H2,1-3H3. The van der Waals surface area contributed by atoms with Gasteiger partial charge in [-0.2, -0.15) is 0 Å². The van der Waals surface area contributed by atoms with Gasteiger partial charge in [0.25, 0.3) is 0 Å². The first-order valence-electron chi connectivity index (χ1n) is 8.71. The number of rotatable bonds is 15. The van der Waals surface area contributed by atoms with Gasteiger partial charge in [0.15, 0.2) is 0 Å². The molecule has 0 aromatic heterocycles. The number of methoxy groups -OCH3 is 1. The maximum atomic E-state index is 11.6. The Morgan fingerprint density at radius 2 is 1.50 bits per heavy atom. The maximum Gasteiger partial charge on any atom is 0.132 e. The molecule has 1 atom stereocenters.